The zero-order valence-electron chi connectivity index (χ0n) is 10.7. The summed E-state index contributed by atoms with van der Waals surface area (Å²) in [6.07, 6.45) is 5.51. The van der Waals surface area contributed by atoms with E-state index in [9.17, 15) is 0 Å². The Balaban J connectivity index is 1.65. The lowest BCUT2D eigenvalue weighted by Gasteiger charge is -2.28. The molecule has 6 heteroatoms. The first-order valence-corrected chi connectivity index (χ1v) is 6.52. The lowest BCUT2D eigenvalue weighted by atomic mass is 10.1. The molecular formula is C13H17N5O. The Bertz CT molecular complexity index is 519. The molecule has 2 N–H and O–H groups in total. The maximum atomic E-state index is 5.89. The molecule has 3 rings (SSSR count). The second kappa shape index (κ2) is 5.46. The van der Waals surface area contributed by atoms with Crippen molar-refractivity contribution in [1.29, 1.82) is 0 Å². The lowest BCUT2D eigenvalue weighted by molar-refractivity contribution is 0.182. The van der Waals surface area contributed by atoms with Gasteiger partial charge >= 0.3 is 0 Å². The van der Waals surface area contributed by atoms with Gasteiger partial charge in [0.15, 0.2) is 0 Å². The van der Waals surface area contributed by atoms with E-state index in [1.54, 1.807) is 12.4 Å². The number of likely N-dealkylation sites (tertiary alicyclic amines) is 1. The van der Waals surface area contributed by atoms with Gasteiger partial charge in [-0.2, -0.15) is 4.98 Å². The topological polar surface area (TPSA) is 81.1 Å². The van der Waals surface area contributed by atoms with Crippen LogP contribution in [-0.2, 0) is 6.54 Å². The Morgan fingerprint density at radius 2 is 2.00 bits per heavy atom. The third-order valence-electron chi connectivity index (χ3n) is 3.40. The van der Waals surface area contributed by atoms with E-state index in [1.807, 2.05) is 12.1 Å². The molecule has 0 aliphatic carbocycles. The fourth-order valence-electron chi connectivity index (χ4n) is 2.24. The van der Waals surface area contributed by atoms with Crippen LogP contribution in [-0.4, -0.2) is 39.2 Å². The molecule has 0 saturated carbocycles. The summed E-state index contributed by atoms with van der Waals surface area (Å²) in [7, 11) is 0. The zero-order valence-corrected chi connectivity index (χ0v) is 10.7. The summed E-state index contributed by atoms with van der Waals surface area (Å²) in [4.78, 5) is 10.7. The number of nitrogens with zero attached hydrogens (tertiary/aromatic N) is 4. The summed E-state index contributed by atoms with van der Waals surface area (Å²) < 4.78 is 5.29. The van der Waals surface area contributed by atoms with Gasteiger partial charge < -0.3 is 10.3 Å². The van der Waals surface area contributed by atoms with E-state index in [2.05, 4.69) is 20.0 Å². The maximum Gasteiger partial charge on any atom is 0.241 e. The second-order valence-corrected chi connectivity index (χ2v) is 4.86. The van der Waals surface area contributed by atoms with Crippen molar-refractivity contribution in [1.82, 2.24) is 20.0 Å². The first-order valence-electron chi connectivity index (χ1n) is 6.52. The predicted molar refractivity (Wildman–Crippen MR) is 70.0 cm³/mol. The highest BCUT2D eigenvalue weighted by molar-refractivity contribution is 5.52. The minimum Gasteiger partial charge on any atom is -0.338 e. The first-order chi connectivity index (χ1) is 9.31. The van der Waals surface area contributed by atoms with Gasteiger partial charge in [-0.05, 0) is 25.0 Å². The standard InChI is InChI=1S/C13H17N5O/c14-11-3-7-18(8-4-11)9-12-16-13(17-19-12)10-1-5-15-6-2-10/h1-2,5-6,11H,3-4,7-9,14H2. The average molecular weight is 259 g/mol. The van der Waals surface area contributed by atoms with E-state index in [4.69, 9.17) is 10.3 Å². The summed E-state index contributed by atoms with van der Waals surface area (Å²) >= 11 is 0. The van der Waals surface area contributed by atoms with E-state index in [1.165, 1.54) is 0 Å². The largest absolute Gasteiger partial charge is 0.338 e. The quantitative estimate of drug-likeness (QED) is 0.887. The molecule has 0 spiro atoms. The van der Waals surface area contributed by atoms with Crippen molar-refractivity contribution >= 4 is 0 Å². The molecule has 0 radical (unpaired) electrons. The number of hydrogen-bond donors (Lipinski definition) is 1. The Labute approximate surface area is 111 Å². The van der Waals surface area contributed by atoms with Gasteiger partial charge in [-0.25, -0.2) is 0 Å². The van der Waals surface area contributed by atoms with E-state index in [-0.39, 0.29) is 0 Å². The summed E-state index contributed by atoms with van der Waals surface area (Å²) in [6.45, 7) is 2.69. The average Bonchev–Trinajstić information content (AvgIpc) is 2.91. The van der Waals surface area contributed by atoms with Crippen LogP contribution >= 0.6 is 0 Å². The molecule has 1 aliphatic heterocycles. The fraction of sp³-hybridized carbons (Fsp3) is 0.462. The van der Waals surface area contributed by atoms with Crippen molar-refractivity contribution in [2.24, 2.45) is 5.73 Å². The Hall–Kier alpha value is -1.79. The minimum atomic E-state index is 0.339. The van der Waals surface area contributed by atoms with Gasteiger partial charge in [0.25, 0.3) is 0 Å². The Morgan fingerprint density at radius 1 is 1.26 bits per heavy atom. The van der Waals surface area contributed by atoms with Crippen molar-refractivity contribution < 1.29 is 4.52 Å². The van der Waals surface area contributed by atoms with Crippen LogP contribution in [0.3, 0.4) is 0 Å². The highest BCUT2D eigenvalue weighted by Crippen LogP contribution is 2.16. The molecule has 1 saturated heterocycles. The van der Waals surface area contributed by atoms with Crippen molar-refractivity contribution in [3.63, 3.8) is 0 Å². The van der Waals surface area contributed by atoms with Crippen LogP contribution < -0.4 is 5.73 Å². The van der Waals surface area contributed by atoms with Crippen LogP contribution in [0.2, 0.25) is 0 Å². The second-order valence-electron chi connectivity index (χ2n) is 4.86. The summed E-state index contributed by atoms with van der Waals surface area (Å²) in [5, 5.41) is 4.00. The zero-order chi connectivity index (χ0) is 13.1. The highest BCUT2D eigenvalue weighted by Gasteiger charge is 2.18. The number of aromatic nitrogens is 3. The van der Waals surface area contributed by atoms with Gasteiger partial charge in [-0.3, -0.25) is 9.88 Å². The van der Waals surface area contributed by atoms with Crippen LogP contribution in [0.4, 0.5) is 0 Å². The van der Waals surface area contributed by atoms with Crippen LogP contribution in [0.5, 0.6) is 0 Å². The summed E-state index contributed by atoms with van der Waals surface area (Å²) in [6, 6.07) is 4.08. The Morgan fingerprint density at radius 3 is 2.74 bits per heavy atom. The SMILES string of the molecule is NC1CCN(Cc2nc(-c3ccncc3)no2)CC1. The number of pyridine rings is 1. The van der Waals surface area contributed by atoms with Crippen molar-refractivity contribution in [2.75, 3.05) is 13.1 Å². The Kier molecular flexibility index (Phi) is 3.52. The van der Waals surface area contributed by atoms with Crippen molar-refractivity contribution in [3.8, 4) is 11.4 Å². The number of piperidine rings is 1. The molecule has 2 aromatic rings. The van der Waals surface area contributed by atoms with Gasteiger partial charge in [0.05, 0.1) is 6.54 Å². The van der Waals surface area contributed by atoms with Crippen LogP contribution in [0.15, 0.2) is 29.0 Å². The van der Waals surface area contributed by atoms with E-state index < -0.39 is 0 Å². The van der Waals surface area contributed by atoms with Crippen molar-refractivity contribution in [2.45, 2.75) is 25.4 Å². The minimum absolute atomic E-state index is 0.339. The number of rotatable bonds is 3. The predicted octanol–water partition coefficient (Wildman–Crippen LogP) is 1.05. The smallest absolute Gasteiger partial charge is 0.241 e. The number of nitrogens with two attached hydrogens (primary N) is 1. The van der Waals surface area contributed by atoms with Gasteiger partial charge in [-0.15, -0.1) is 0 Å². The molecule has 19 heavy (non-hydrogen) atoms. The molecule has 3 heterocycles. The van der Waals surface area contributed by atoms with Crippen LogP contribution in [0, 0.1) is 0 Å². The van der Waals surface area contributed by atoms with Gasteiger partial charge in [0.2, 0.25) is 11.7 Å². The molecule has 1 fully saturated rings. The molecule has 6 nitrogen and oxygen atoms in total. The third-order valence-corrected chi connectivity index (χ3v) is 3.40. The van der Waals surface area contributed by atoms with E-state index >= 15 is 0 Å². The number of hydrogen-bond acceptors (Lipinski definition) is 6. The fourth-order valence-corrected chi connectivity index (χ4v) is 2.24. The highest BCUT2D eigenvalue weighted by atomic mass is 16.5. The monoisotopic (exact) mass is 259 g/mol. The molecule has 2 aromatic heterocycles. The molecule has 0 unspecified atom stereocenters. The van der Waals surface area contributed by atoms with Gasteiger partial charge in [-0.1, -0.05) is 5.16 Å². The molecule has 1 aliphatic rings. The summed E-state index contributed by atoms with van der Waals surface area (Å²) in [5.74, 6) is 1.27. The maximum absolute atomic E-state index is 5.89. The van der Waals surface area contributed by atoms with E-state index in [0.29, 0.717) is 24.3 Å². The normalized spacial score (nSPS) is 17.7. The molecule has 0 atom stereocenters. The lowest BCUT2D eigenvalue weighted by Crippen LogP contribution is -2.39. The van der Waals surface area contributed by atoms with Crippen LogP contribution in [0.1, 0.15) is 18.7 Å². The molecule has 0 amide bonds. The van der Waals surface area contributed by atoms with E-state index in [0.717, 1.165) is 31.5 Å². The van der Waals surface area contributed by atoms with Crippen LogP contribution in [0.25, 0.3) is 11.4 Å². The van der Waals surface area contributed by atoms with Gasteiger partial charge in [0, 0.05) is 37.1 Å². The van der Waals surface area contributed by atoms with Crippen molar-refractivity contribution in [3.05, 3.63) is 30.4 Å². The molecule has 100 valence electrons. The molecule has 0 bridgehead atoms. The third kappa shape index (κ3) is 2.97. The molecular weight excluding hydrogens is 242 g/mol. The van der Waals surface area contributed by atoms with Gasteiger partial charge in [0.1, 0.15) is 0 Å². The molecule has 0 aromatic carbocycles. The first kappa shape index (κ1) is 12.3. The summed E-state index contributed by atoms with van der Waals surface area (Å²) in [5.41, 5.74) is 6.81.